The normalized spacial score (nSPS) is 16.0. The first-order valence-corrected chi connectivity index (χ1v) is 8.29. The number of nitrogens with one attached hydrogen (secondary N) is 2. The number of aromatic nitrogens is 3. The van der Waals surface area contributed by atoms with Crippen LogP contribution < -0.4 is 10.9 Å². The summed E-state index contributed by atoms with van der Waals surface area (Å²) in [7, 11) is 0. The summed E-state index contributed by atoms with van der Waals surface area (Å²) in [5.41, 5.74) is 5.96. The van der Waals surface area contributed by atoms with Crippen LogP contribution in [-0.4, -0.2) is 21.0 Å². The van der Waals surface area contributed by atoms with Gasteiger partial charge in [-0.1, -0.05) is 36.9 Å². The molecule has 1 amide bonds. The summed E-state index contributed by atoms with van der Waals surface area (Å²) in [5, 5.41) is 3.85. The van der Waals surface area contributed by atoms with Gasteiger partial charge in [0.05, 0.1) is 0 Å². The smallest absolute Gasteiger partial charge is 0.313 e. The van der Waals surface area contributed by atoms with Crippen molar-refractivity contribution in [3.63, 3.8) is 0 Å². The molecule has 7 heteroatoms. The van der Waals surface area contributed by atoms with E-state index in [1.165, 1.54) is 25.7 Å². The first-order chi connectivity index (χ1) is 11.8. The van der Waals surface area contributed by atoms with Crippen LogP contribution in [0.5, 0.6) is 0 Å². The predicted molar refractivity (Wildman–Crippen MR) is 89.6 cm³/mol. The molecular weight excluding hydrogens is 306 g/mol. The van der Waals surface area contributed by atoms with Gasteiger partial charge in [-0.2, -0.15) is 4.98 Å². The zero-order valence-corrected chi connectivity index (χ0v) is 13.4. The number of pyridine rings is 1. The van der Waals surface area contributed by atoms with Crippen LogP contribution >= 0.6 is 0 Å². The monoisotopic (exact) mass is 327 g/mol. The molecule has 1 aliphatic rings. The van der Waals surface area contributed by atoms with Crippen LogP contribution in [-0.2, 0) is 4.79 Å². The lowest BCUT2D eigenvalue weighted by atomic mass is 10.00. The van der Waals surface area contributed by atoms with Crippen LogP contribution in [0, 0.1) is 5.92 Å². The summed E-state index contributed by atoms with van der Waals surface area (Å²) in [6.45, 7) is 0. The fraction of sp³-hybridized carbons (Fsp3) is 0.412. The lowest BCUT2D eigenvalue weighted by Crippen LogP contribution is -2.27. The van der Waals surface area contributed by atoms with E-state index in [1.54, 1.807) is 30.6 Å². The highest BCUT2D eigenvalue weighted by molar-refractivity contribution is 5.88. The molecule has 0 bridgehead atoms. The van der Waals surface area contributed by atoms with Crippen molar-refractivity contribution >= 4 is 11.9 Å². The highest BCUT2D eigenvalue weighted by atomic mass is 16.5. The minimum atomic E-state index is -0.233. The molecule has 126 valence electrons. The Labute approximate surface area is 140 Å². The molecule has 1 saturated carbocycles. The number of amides is 1. The molecule has 0 atom stereocenters. The Balaban J connectivity index is 1.48. The van der Waals surface area contributed by atoms with Crippen molar-refractivity contribution in [2.24, 2.45) is 5.92 Å². The van der Waals surface area contributed by atoms with Gasteiger partial charge >= 0.3 is 6.01 Å². The third-order valence-electron chi connectivity index (χ3n) is 4.08. The first-order valence-electron chi connectivity index (χ1n) is 8.29. The number of hydrazine groups is 1. The summed E-state index contributed by atoms with van der Waals surface area (Å²) in [4.78, 5) is 20.0. The van der Waals surface area contributed by atoms with Gasteiger partial charge < -0.3 is 4.52 Å². The molecule has 2 N–H and O–H groups in total. The summed E-state index contributed by atoms with van der Waals surface area (Å²) in [6.07, 6.45) is 14.3. The van der Waals surface area contributed by atoms with Gasteiger partial charge in [0.25, 0.3) is 5.91 Å². The van der Waals surface area contributed by atoms with Crippen molar-refractivity contribution in [2.75, 3.05) is 5.43 Å². The molecular formula is C17H21N5O2. The number of rotatable bonds is 5. The first kappa shape index (κ1) is 16.2. The van der Waals surface area contributed by atoms with E-state index >= 15 is 0 Å². The summed E-state index contributed by atoms with van der Waals surface area (Å²) in [6, 6.07) is 3.70. The fourth-order valence-corrected chi connectivity index (χ4v) is 2.78. The van der Waals surface area contributed by atoms with E-state index in [-0.39, 0.29) is 11.9 Å². The molecule has 0 unspecified atom stereocenters. The highest BCUT2D eigenvalue weighted by Crippen LogP contribution is 2.23. The average Bonchev–Trinajstić information content (AvgIpc) is 2.94. The molecule has 0 aliphatic heterocycles. The van der Waals surface area contributed by atoms with E-state index in [2.05, 4.69) is 26.0 Å². The van der Waals surface area contributed by atoms with Crippen LogP contribution in [0.4, 0.5) is 6.01 Å². The molecule has 7 nitrogen and oxygen atoms in total. The Morgan fingerprint density at radius 1 is 1.17 bits per heavy atom. The summed E-state index contributed by atoms with van der Waals surface area (Å²) < 4.78 is 5.05. The Kier molecular flexibility index (Phi) is 5.55. The zero-order valence-electron chi connectivity index (χ0n) is 13.4. The zero-order chi connectivity index (χ0) is 16.6. The van der Waals surface area contributed by atoms with E-state index in [4.69, 9.17) is 4.52 Å². The Morgan fingerprint density at radius 3 is 2.67 bits per heavy atom. The van der Waals surface area contributed by atoms with Gasteiger partial charge in [-0.05, 0) is 30.9 Å². The van der Waals surface area contributed by atoms with Crippen molar-refractivity contribution in [2.45, 2.75) is 38.5 Å². The van der Waals surface area contributed by atoms with Gasteiger partial charge in [0, 0.05) is 24.0 Å². The third kappa shape index (κ3) is 4.65. The summed E-state index contributed by atoms with van der Waals surface area (Å²) in [5.74, 6) is 0.700. The van der Waals surface area contributed by atoms with Crippen molar-refractivity contribution in [1.82, 2.24) is 20.6 Å². The minimum Gasteiger partial charge on any atom is -0.313 e. The van der Waals surface area contributed by atoms with E-state index in [9.17, 15) is 4.79 Å². The number of carbonyl (C=O) groups is 1. The van der Waals surface area contributed by atoms with Crippen LogP contribution in [0.1, 0.15) is 38.5 Å². The largest absolute Gasteiger partial charge is 0.340 e. The maximum atomic E-state index is 11.9. The fourth-order valence-electron chi connectivity index (χ4n) is 2.78. The van der Waals surface area contributed by atoms with Crippen molar-refractivity contribution in [1.29, 1.82) is 0 Å². The quantitative estimate of drug-likeness (QED) is 0.498. The molecule has 0 aromatic carbocycles. The SMILES string of the molecule is O=C(/C=C/C1CCCCCC1)NNc1nc(-c2ccncc2)no1. The van der Waals surface area contributed by atoms with E-state index in [0.29, 0.717) is 11.7 Å². The van der Waals surface area contributed by atoms with E-state index < -0.39 is 0 Å². The molecule has 1 fully saturated rings. The standard InChI is InChI=1S/C17H21N5O2/c23-15(8-7-13-5-3-1-2-4-6-13)20-21-17-19-16(22-24-17)14-9-11-18-12-10-14/h7-13H,1-6H2,(H,20,23)(H,19,21,22)/b8-7+. The Morgan fingerprint density at radius 2 is 1.92 bits per heavy atom. The number of hydrogen-bond donors (Lipinski definition) is 2. The summed E-state index contributed by atoms with van der Waals surface area (Å²) >= 11 is 0. The van der Waals surface area contributed by atoms with E-state index in [0.717, 1.165) is 18.4 Å². The van der Waals surface area contributed by atoms with Gasteiger partial charge in [0.1, 0.15) is 0 Å². The molecule has 0 spiro atoms. The Bertz CT molecular complexity index is 675. The number of carbonyl (C=O) groups excluding carboxylic acids is 1. The minimum absolute atomic E-state index is 0.137. The van der Waals surface area contributed by atoms with Gasteiger partial charge in [-0.15, -0.1) is 0 Å². The number of anilines is 1. The van der Waals surface area contributed by atoms with Gasteiger partial charge in [0.15, 0.2) is 0 Å². The van der Waals surface area contributed by atoms with Gasteiger partial charge in [-0.3, -0.25) is 15.2 Å². The van der Waals surface area contributed by atoms with Crippen molar-refractivity contribution < 1.29 is 9.32 Å². The number of hydrogen-bond acceptors (Lipinski definition) is 6. The molecule has 0 radical (unpaired) electrons. The van der Waals surface area contributed by atoms with Crippen LogP contribution in [0.15, 0.2) is 41.2 Å². The molecule has 24 heavy (non-hydrogen) atoms. The maximum absolute atomic E-state index is 11.9. The van der Waals surface area contributed by atoms with Crippen LogP contribution in [0.2, 0.25) is 0 Å². The van der Waals surface area contributed by atoms with Crippen molar-refractivity contribution in [3.05, 3.63) is 36.7 Å². The topological polar surface area (TPSA) is 92.9 Å². The molecule has 2 aromatic rings. The van der Waals surface area contributed by atoms with Gasteiger partial charge in [0.2, 0.25) is 5.82 Å². The van der Waals surface area contributed by atoms with E-state index in [1.807, 2.05) is 6.08 Å². The molecule has 0 saturated heterocycles. The maximum Gasteiger partial charge on any atom is 0.340 e. The van der Waals surface area contributed by atoms with Gasteiger partial charge in [-0.25, -0.2) is 5.43 Å². The average molecular weight is 327 g/mol. The number of nitrogens with zero attached hydrogens (tertiary/aromatic N) is 3. The second-order valence-corrected chi connectivity index (χ2v) is 5.88. The lowest BCUT2D eigenvalue weighted by molar-refractivity contribution is -0.116. The van der Waals surface area contributed by atoms with Crippen LogP contribution in [0.25, 0.3) is 11.4 Å². The molecule has 3 rings (SSSR count). The number of allylic oxidation sites excluding steroid dienone is 1. The highest BCUT2D eigenvalue weighted by Gasteiger charge is 2.10. The second kappa shape index (κ2) is 8.24. The lowest BCUT2D eigenvalue weighted by Gasteiger charge is -2.07. The third-order valence-corrected chi connectivity index (χ3v) is 4.08. The molecule has 2 heterocycles. The molecule has 1 aliphatic carbocycles. The Hall–Kier alpha value is -2.70. The predicted octanol–water partition coefficient (Wildman–Crippen LogP) is 3.10. The van der Waals surface area contributed by atoms with Crippen molar-refractivity contribution in [3.8, 4) is 11.4 Å². The molecule has 2 aromatic heterocycles. The van der Waals surface area contributed by atoms with Crippen LogP contribution in [0.3, 0.4) is 0 Å². The second-order valence-electron chi connectivity index (χ2n) is 5.88.